The van der Waals surface area contributed by atoms with Crippen molar-refractivity contribution in [1.82, 2.24) is 0 Å². The van der Waals surface area contributed by atoms with Crippen LogP contribution >= 0.6 is 46.4 Å². The molecule has 1 aliphatic heterocycles. The molecule has 0 saturated carbocycles. The molecule has 2 aromatic carbocycles. The minimum Gasteiger partial charge on any atom is -0.365 e. The molecule has 1 N–H and O–H groups in total. The van der Waals surface area contributed by atoms with E-state index in [-0.39, 0.29) is 37.0 Å². The number of anilines is 2. The van der Waals surface area contributed by atoms with E-state index in [4.69, 9.17) is 46.4 Å². The summed E-state index contributed by atoms with van der Waals surface area (Å²) in [6, 6.07) is 5.76. The van der Waals surface area contributed by atoms with E-state index in [1.54, 1.807) is 6.07 Å². The molecule has 0 radical (unpaired) electrons. The third-order valence-electron chi connectivity index (χ3n) is 4.99. The molecule has 1 fully saturated rings. The molecule has 1 saturated heterocycles. The van der Waals surface area contributed by atoms with Crippen molar-refractivity contribution in [1.29, 1.82) is 0 Å². The lowest BCUT2D eigenvalue weighted by atomic mass is 9.91. The van der Waals surface area contributed by atoms with Gasteiger partial charge >= 0.3 is 0 Å². The maximum absolute atomic E-state index is 12.8. The summed E-state index contributed by atoms with van der Waals surface area (Å²) in [5, 5.41) is 14.6. The maximum Gasteiger partial charge on any atom is 0.293 e. The van der Waals surface area contributed by atoms with Gasteiger partial charge in [0.15, 0.2) is 0 Å². The Morgan fingerprint density at radius 2 is 1.63 bits per heavy atom. The molecule has 3 rings (SSSR count). The molecule has 0 bridgehead atoms. The topological polar surface area (TPSA) is 75.5 Å². The minimum absolute atomic E-state index is 0.0295. The second-order valence-corrected chi connectivity index (χ2v) is 9.18. The first-order chi connectivity index (χ1) is 14.1. The van der Waals surface area contributed by atoms with Crippen LogP contribution in [0.5, 0.6) is 0 Å². The van der Waals surface area contributed by atoms with Crippen LogP contribution < -0.4 is 10.2 Å². The van der Waals surface area contributed by atoms with Crippen LogP contribution in [0.15, 0.2) is 24.3 Å². The molecule has 30 heavy (non-hydrogen) atoms. The molecule has 0 aliphatic carbocycles. The molecule has 1 aliphatic rings. The number of benzene rings is 2. The summed E-state index contributed by atoms with van der Waals surface area (Å²) in [7, 11) is 0. The van der Waals surface area contributed by atoms with Crippen LogP contribution in [0.3, 0.4) is 0 Å². The van der Waals surface area contributed by atoms with Crippen LogP contribution in [0.25, 0.3) is 0 Å². The zero-order valence-electron chi connectivity index (χ0n) is 16.2. The smallest absolute Gasteiger partial charge is 0.293 e. The molecule has 10 heteroatoms. The van der Waals surface area contributed by atoms with Gasteiger partial charge in [0, 0.05) is 24.7 Å². The number of nitro benzene ring substituents is 1. The zero-order chi connectivity index (χ0) is 22.2. The average molecular weight is 491 g/mol. The first-order valence-corrected chi connectivity index (χ1v) is 10.8. The summed E-state index contributed by atoms with van der Waals surface area (Å²) < 4.78 is 0. The normalized spacial score (nSPS) is 18.9. The molecular formula is C20H19Cl4N3O3. The Bertz CT molecular complexity index is 979. The van der Waals surface area contributed by atoms with E-state index in [1.165, 1.54) is 18.2 Å². The van der Waals surface area contributed by atoms with Crippen molar-refractivity contribution in [3.8, 4) is 0 Å². The van der Waals surface area contributed by atoms with Gasteiger partial charge in [-0.1, -0.05) is 60.3 Å². The average Bonchev–Trinajstić information content (AvgIpc) is 2.68. The largest absolute Gasteiger partial charge is 0.365 e. The van der Waals surface area contributed by atoms with E-state index in [0.29, 0.717) is 17.5 Å². The highest BCUT2D eigenvalue weighted by atomic mass is 35.5. The summed E-state index contributed by atoms with van der Waals surface area (Å²) in [5.41, 5.74) is 0.500. The molecule has 0 aromatic heterocycles. The van der Waals surface area contributed by atoms with E-state index in [9.17, 15) is 14.9 Å². The van der Waals surface area contributed by atoms with Gasteiger partial charge in [0.1, 0.15) is 5.69 Å². The van der Waals surface area contributed by atoms with Gasteiger partial charge in [-0.25, -0.2) is 0 Å². The number of nitro groups is 1. The fourth-order valence-electron chi connectivity index (χ4n) is 3.81. The lowest BCUT2D eigenvalue weighted by Crippen LogP contribution is -2.39. The number of amides is 1. The third-order valence-corrected chi connectivity index (χ3v) is 6.57. The molecule has 2 aromatic rings. The number of rotatable bonds is 4. The van der Waals surface area contributed by atoms with Gasteiger partial charge in [0.25, 0.3) is 11.6 Å². The SMILES string of the molecule is CC1CC(C)CN(c2ccc(C(=O)Nc3c(Cl)c(Cl)cc(Cl)c3Cl)cc2[N+](=O)[O-])C1. The van der Waals surface area contributed by atoms with Crippen LogP contribution in [0.2, 0.25) is 20.1 Å². The Morgan fingerprint density at radius 1 is 1.07 bits per heavy atom. The Hall–Kier alpha value is -1.73. The third kappa shape index (κ3) is 4.78. The number of piperidine rings is 1. The minimum atomic E-state index is -0.618. The first-order valence-electron chi connectivity index (χ1n) is 9.26. The number of nitrogens with one attached hydrogen (secondary N) is 1. The predicted molar refractivity (Wildman–Crippen MR) is 123 cm³/mol. The van der Waals surface area contributed by atoms with Crippen LogP contribution in [0, 0.1) is 22.0 Å². The maximum atomic E-state index is 12.8. The van der Waals surface area contributed by atoms with Gasteiger partial charge in [-0.3, -0.25) is 14.9 Å². The number of carbonyl (C=O) groups excluding carboxylic acids is 1. The predicted octanol–water partition coefficient (Wildman–Crippen LogP) is 6.94. The fourth-order valence-corrected chi connectivity index (χ4v) is 4.71. The summed E-state index contributed by atoms with van der Waals surface area (Å²) in [6.45, 7) is 5.70. The Balaban J connectivity index is 1.93. The molecule has 6 nitrogen and oxygen atoms in total. The highest BCUT2D eigenvalue weighted by Gasteiger charge is 2.28. The lowest BCUT2D eigenvalue weighted by Gasteiger charge is -2.36. The van der Waals surface area contributed by atoms with Gasteiger partial charge in [0.2, 0.25) is 0 Å². The van der Waals surface area contributed by atoms with E-state index in [0.717, 1.165) is 19.5 Å². The van der Waals surface area contributed by atoms with Gasteiger partial charge in [-0.15, -0.1) is 0 Å². The van der Waals surface area contributed by atoms with Crippen LogP contribution in [-0.2, 0) is 0 Å². The van der Waals surface area contributed by atoms with E-state index in [1.807, 2.05) is 4.90 Å². The molecule has 1 amide bonds. The lowest BCUT2D eigenvalue weighted by molar-refractivity contribution is -0.384. The van der Waals surface area contributed by atoms with Crippen molar-refractivity contribution in [3.63, 3.8) is 0 Å². The highest BCUT2D eigenvalue weighted by Crippen LogP contribution is 2.41. The van der Waals surface area contributed by atoms with Gasteiger partial charge in [-0.2, -0.15) is 0 Å². The quantitative estimate of drug-likeness (QED) is 0.286. The van der Waals surface area contributed by atoms with Gasteiger partial charge in [-0.05, 0) is 36.5 Å². The van der Waals surface area contributed by atoms with Crippen molar-refractivity contribution in [2.45, 2.75) is 20.3 Å². The van der Waals surface area contributed by atoms with Crippen molar-refractivity contribution in [2.75, 3.05) is 23.3 Å². The van der Waals surface area contributed by atoms with E-state index < -0.39 is 10.8 Å². The standard InChI is InChI=1S/C20H19Cl4N3O3/c1-10-5-11(2)9-26(8-10)15-4-3-12(6-16(15)27(29)30)20(28)25-19-17(23)13(21)7-14(22)18(19)24/h3-4,6-7,10-11H,5,8-9H2,1-2H3,(H,25,28). The number of carbonyl (C=O) groups is 1. The molecule has 160 valence electrons. The Kier molecular flexibility index (Phi) is 7.02. The fraction of sp³-hybridized carbons (Fsp3) is 0.350. The van der Waals surface area contributed by atoms with Crippen LogP contribution in [0.4, 0.5) is 17.1 Å². The van der Waals surface area contributed by atoms with Crippen LogP contribution in [0.1, 0.15) is 30.6 Å². The van der Waals surface area contributed by atoms with Crippen molar-refractivity contribution < 1.29 is 9.72 Å². The number of halogens is 4. The van der Waals surface area contributed by atoms with Crippen molar-refractivity contribution in [2.24, 2.45) is 11.8 Å². The first kappa shape index (κ1) is 22.9. The Morgan fingerprint density at radius 3 is 2.17 bits per heavy atom. The summed E-state index contributed by atoms with van der Waals surface area (Å²) >= 11 is 24.3. The monoisotopic (exact) mass is 489 g/mol. The zero-order valence-corrected chi connectivity index (χ0v) is 19.2. The van der Waals surface area contributed by atoms with E-state index in [2.05, 4.69) is 19.2 Å². The second-order valence-electron chi connectivity index (χ2n) is 7.61. The Labute approximate surface area is 194 Å². The molecule has 2 unspecified atom stereocenters. The summed E-state index contributed by atoms with van der Waals surface area (Å²) in [6.07, 6.45) is 1.08. The van der Waals surface area contributed by atoms with Crippen molar-refractivity contribution in [3.05, 3.63) is 60.0 Å². The molecule has 1 heterocycles. The number of hydrogen-bond acceptors (Lipinski definition) is 4. The van der Waals surface area contributed by atoms with Crippen LogP contribution in [-0.4, -0.2) is 23.9 Å². The summed E-state index contributed by atoms with van der Waals surface area (Å²) in [5.74, 6) is 0.230. The van der Waals surface area contributed by atoms with Gasteiger partial charge in [0.05, 0.1) is 30.7 Å². The molecular weight excluding hydrogens is 472 g/mol. The highest BCUT2D eigenvalue weighted by molar-refractivity contribution is 6.50. The molecule has 0 spiro atoms. The van der Waals surface area contributed by atoms with Gasteiger partial charge < -0.3 is 10.2 Å². The van der Waals surface area contributed by atoms with E-state index >= 15 is 0 Å². The second kappa shape index (κ2) is 9.18. The van der Waals surface area contributed by atoms with Crippen molar-refractivity contribution >= 4 is 69.4 Å². The summed E-state index contributed by atoms with van der Waals surface area (Å²) in [4.78, 5) is 26.0. The number of hydrogen-bond donors (Lipinski definition) is 1. The molecule has 2 atom stereocenters. The number of nitrogens with zero attached hydrogens (tertiary/aromatic N) is 2.